The van der Waals surface area contributed by atoms with Gasteiger partial charge < -0.3 is 9.80 Å². The third-order valence-corrected chi connectivity index (χ3v) is 9.98. The molecule has 0 aliphatic carbocycles. The van der Waals surface area contributed by atoms with Crippen LogP contribution in [0.5, 0.6) is 0 Å². The van der Waals surface area contributed by atoms with Gasteiger partial charge in [-0.2, -0.15) is 0 Å². The highest BCUT2D eigenvalue weighted by Crippen LogP contribution is 2.31. The van der Waals surface area contributed by atoms with Crippen LogP contribution in [0.3, 0.4) is 0 Å². The minimum absolute atomic E-state index is 0.645. The second-order valence-electron chi connectivity index (χ2n) is 8.61. The topological polar surface area (TPSA) is 35.9 Å². The second kappa shape index (κ2) is 6.79. The summed E-state index contributed by atoms with van der Waals surface area (Å²) in [7, 11) is 2.29. The number of hydrogen-bond acceptors (Lipinski definition) is 4. The molecule has 0 saturated heterocycles. The summed E-state index contributed by atoms with van der Waals surface area (Å²) < 4.78 is 0. The van der Waals surface area contributed by atoms with Crippen molar-refractivity contribution in [1.29, 1.82) is 0 Å². The summed E-state index contributed by atoms with van der Waals surface area (Å²) in [5.41, 5.74) is 5.98. The van der Waals surface area contributed by atoms with Crippen LogP contribution in [0.2, 0.25) is 13.1 Å². The maximum absolute atomic E-state index is 11.7. The Hall–Kier alpha value is -2.14. The van der Waals surface area contributed by atoms with Crippen LogP contribution in [-0.2, 0) is 12.8 Å². The van der Waals surface area contributed by atoms with E-state index in [-0.39, 0.29) is 0 Å². The van der Waals surface area contributed by atoms with Gasteiger partial charge in [0, 0.05) is 38.6 Å². The number of fused-ring (bicyclic) bond motifs is 2. The van der Waals surface area contributed by atoms with Crippen molar-refractivity contribution in [2.24, 2.45) is 5.18 Å². The minimum atomic E-state index is -2.05. The number of rotatable bonds is 3. The monoisotopic (exact) mass is 379 g/mol. The molecule has 0 aromatic heterocycles. The highest BCUT2D eigenvalue weighted by Gasteiger charge is 2.32. The fourth-order valence-corrected chi connectivity index (χ4v) is 7.25. The molecular formula is C22H29N3OSi. The van der Waals surface area contributed by atoms with Gasteiger partial charge >= 0.3 is 0 Å². The molecule has 2 aromatic carbocycles. The Morgan fingerprint density at radius 2 is 1.52 bits per heavy atom. The lowest BCUT2D eigenvalue weighted by Crippen LogP contribution is -2.53. The van der Waals surface area contributed by atoms with E-state index in [1.807, 2.05) is 6.07 Å². The van der Waals surface area contributed by atoms with E-state index in [0.29, 0.717) is 5.69 Å². The quantitative estimate of drug-likeness (QED) is 0.603. The molecule has 0 atom stereocenters. The lowest BCUT2D eigenvalue weighted by atomic mass is 10.0. The van der Waals surface area contributed by atoms with Crippen molar-refractivity contribution in [1.82, 2.24) is 0 Å². The molecule has 2 heterocycles. The lowest BCUT2D eigenvalue weighted by molar-refractivity contribution is 0.745. The van der Waals surface area contributed by atoms with Crippen LogP contribution in [0.25, 0.3) is 0 Å². The molecule has 4 nitrogen and oxygen atoms in total. The third kappa shape index (κ3) is 3.08. The molecule has 2 aliphatic rings. The zero-order valence-corrected chi connectivity index (χ0v) is 17.9. The zero-order chi connectivity index (χ0) is 19.2. The maximum atomic E-state index is 11.7. The fraction of sp³-hybridized carbons (Fsp3) is 0.455. The van der Waals surface area contributed by atoms with Crippen molar-refractivity contribution in [3.63, 3.8) is 0 Å². The van der Waals surface area contributed by atoms with Gasteiger partial charge in [0.25, 0.3) is 0 Å². The molecule has 2 aliphatic heterocycles. The van der Waals surface area contributed by atoms with Crippen LogP contribution in [0.4, 0.5) is 17.1 Å². The van der Waals surface area contributed by atoms with E-state index in [4.69, 9.17) is 0 Å². The molecule has 0 N–H and O–H groups in total. The van der Waals surface area contributed by atoms with Gasteiger partial charge in [0.05, 0.1) is 0 Å². The van der Waals surface area contributed by atoms with Crippen LogP contribution in [-0.4, -0.2) is 35.3 Å². The van der Waals surface area contributed by atoms with Crippen molar-refractivity contribution < 1.29 is 0 Å². The van der Waals surface area contributed by atoms with Crippen LogP contribution in [0, 0.1) is 4.91 Å². The SMILES string of the molecule is CN1CCCc2ccc([Si](C)(C)c3cc4c(cc3N=O)CCCN4C)cc21. The molecule has 0 unspecified atom stereocenters. The van der Waals surface area contributed by atoms with Crippen LogP contribution < -0.4 is 20.2 Å². The summed E-state index contributed by atoms with van der Waals surface area (Å²) in [6.07, 6.45) is 4.56. The summed E-state index contributed by atoms with van der Waals surface area (Å²) >= 11 is 0. The predicted octanol–water partition coefficient (Wildman–Crippen LogP) is 3.67. The first-order valence-electron chi connectivity index (χ1n) is 9.98. The summed E-state index contributed by atoms with van der Waals surface area (Å²) in [5, 5.41) is 5.98. The molecule has 0 saturated carbocycles. The average molecular weight is 380 g/mol. The largest absolute Gasteiger partial charge is 0.374 e. The first kappa shape index (κ1) is 18.2. The smallest absolute Gasteiger partial charge is 0.115 e. The molecule has 27 heavy (non-hydrogen) atoms. The van der Waals surface area contributed by atoms with Crippen LogP contribution in [0.15, 0.2) is 35.5 Å². The third-order valence-electron chi connectivity index (χ3n) is 6.48. The van der Waals surface area contributed by atoms with Crippen molar-refractivity contribution in [3.05, 3.63) is 46.4 Å². The van der Waals surface area contributed by atoms with E-state index in [9.17, 15) is 4.91 Å². The molecule has 2 aromatic rings. The average Bonchev–Trinajstić information content (AvgIpc) is 2.67. The van der Waals surface area contributed by atoms with E-state index in [0.717, 1.165) is 37.5 Å². The Kier molecular flexibility index (Phi) is 4.58. The molecule has 0 fully saturated rings. The molecule has 0 amide bonds. The maximum Gasteiger partial charge on any atom is 0.115 e. The van der Waals surface area contributed by atoms with E-state index < -0.39 is 8.07 Å². The van der Waals surface area contributed by atoms with Gasteiger partial charge in [-0.05, 0) is 65.4 Å². The van der Waals surface area contributed by atoms with Gasteiger partial charge in [-0.25, -0.2) is 0 Å². The van der Waals surface area contributed by atoms with Crippen LogP contribution in [0.1, 0.15) is 24.0 Å². The molecular weight excluding hydrogens is 350 g/mol. The van der Waals surface area contributed by atoms with E-state index >= 15 is 0 Å². The summed E-state index contributed by atoms with van der Waals surface area (Å²) in [5.74, 6) is 0. The lowest BCUT2D eigenvalue weighted by Gasteiger charge is -2.33. The normalized spacial score (nSPS) is 16.7. The van der Waals surface area contributed by atoms with Crippen molar-refractivity contribution in [2.75, 3.05) is 37.0 Å². The molecule has 142 valence electrons. The Bertz CT molecular complexity index is 893. The summed E-state index contributed by atoms with van der Waals surface area (Å²) in [4.78, 5) is 16.4. The van der Waals surface area contributed by atoms with E-state index in [1.54, 1.807) is 0 Å². The number of nitroso groups, excluding NO2 is 1. The molecule has 0 spiro atoms. The first-order valence-corrected chi connectivity index (χ1v) is 13.0. The summed E-state index contributed by atoms with van der Waals surface area (Å²) in [6.45, 7) is 6.88. The van der Waals surface area contributed by atoms with Gasteiger partial charge in [-0.15, -0.1) is 4.91 Å². The van der Waals surface area contributed by atoms with Gasteiger partial charge in [0.2, 0.25) is 0 Å². The van der Waals surface area contributed by atoms with Gasteiger partial charge in [-0.1, -0.05) is 30.4 Å². The standard InChI is InChI=1S/C22H29N3OSi/c1-24-11-5-7-16-9-10-18(14-20(16)24)27(3,4)22-15-21-17(13-19(22)23-26)8-6-12-25(21)2/h9-10,13-15H,5-8,11-12H2,1-4H3. The number of aryl methyl sites for hydroxylation is 2. The number of hydrogen-bond donors (Lipinski definition) is 0. The Balaban J connectivity index is 1.83. The summed E-state index contributed by atoms with van der Waals surface area (Å²) in [6, 6.07) is 11.3. The number of nitrogens with zero attached hydrogens (tertiary/aromatic N) is 3. The Labute approximate surface area is 163 Å². The van der Waals surface area contributed by atoms with Gasteiger partial charge in [0.1, 0.15) is 13.8 Å². The second-order valence-corrected chi connectivity index (χ2v) is 13.0. The van der Waals surface area contributed by atoms with Crippen molar-refractivity contribution >= 4 is 35.5 Å². The van der Waals surface area contributed by atoms with Gasteiger partial charge in [0.15, 0.2) is 0 Å². The zero-order valence-electron chi connectivity index (χ0n) is 16.9. The number of benzene rings is 2. The van der Waals surface area contributed by atoms with Crippen molar-refractivity contribution in [3.8, 4) is 0 Å². The highest BCUT2D eigenvalue weighted by atomic mass is 28.3. The van der Waals surface area contributed by atoms with Crippen LogP contribution >= 0.6 is 0 Å². The minimum Gasteiger partial charge on any atom is -0.374 e. The Morgan fingerprint density at radius 1 is 0.889 bits per heavy atom. The molecule has 4 rings (SSSR count). The van der Waals surface area contributed by atoms with Crippen molar-refractivity contribution in [2.45, 2.75) is 38.8 Å². The number of anilines is 2. The van der Waals surface area contributed by atoms with E-state index in [2.05, 4.69) is 66.4 Å². The molecule has 0 radical (unpaired) electrons. The Morgan fingerprint density at radius 3 is 2.19 bits per heavy atom. The first-order chi connectivity index (χ1) is 12.9. The molecule has 5 heteroatoms. The predicted molar refractivity (Wildman–Crippen MR) is 118 cm³/mol. The van der Waals surface area contributed by atoms with Gasteiger partial charge in [-0.3, -0.25) is 0 Å². The fourth-order valence-electron chi connectivity index (χ4n) is 4.68. The van der Waals surface area contributed by atoms with E-state index in [1.165, 1.54) is 34.1 Å². The highest BCUT2D eigenvalue weighted by molar-refractivity contribution is 7.01. The molecule has 0 bridgehead atoms.